The van der Waals surface area contributed by atoms with E-state index in [4.69, 9.17) is 12.2 Å². The third kappa shape index (κ3) is 4.01. The fraction of sp³-hybridized carbons (Fsp3) is 0.294. The van der Waals surface area contributed by atoms with Crippen LogP contribution >= 0.6 is 12.2 Å². The zero-order valence-electron chi connectivity index (χ0n) is 12.2. The summed E-state index contributed by atoms with van der Waals surface area (Å²) in [6.45, 7) is 1.38. The number of halogens is 1. The van der Waals surface area contributed by atoms with E-state index >= 15 is 0 Å². The zero-order chi connectivity index (χ0) is 15.4. The van der Waals surface area contributed by atoms with E-state index in [1.54, 1.807) is 18.3 Å². The highest BCUT2D eigenvalue weighted by atomic mass is 32.1. The molecule has 22 heavy (non-hydrogen) atoms. The van der Waals surface area contributed by atoms with Crippen molar-refractivity contribution in [1.29, 1.82) is 0 Å². The molecule has 1 fully saturated rings. The average Bonchev–Trinajstić information content (AvgIpc) is 3.37. The first-order chi connectivity index (χ1) is 10.7. The van der Waals surface area contributed by atoms with E-state index in [1.807, 2.05) is 12.3 Å². The largest absolute Gasteiger partial charge is 0.358 e. The monoisotopic (exact) mass is 315 g/mol. The molecule has 0 aliphatic heterocycles. The van der Waals surface area contributed by atoms with Gasteiger partial charge in [0, 0.05) is 31.5 Å². The van der Waals surface area contributed by atoms with Crippen LogP contribution in [0.5, 0.6) is 0 Å². The molecular weight excluding hydrogens is 297 g/mol. The lowest BCUT2D eigenvalue weighted by molar-refractivity contribution is 0.395. The van der Waals surface area contributed by atoms with E-state index in [0.29, 0.717) is 12.6 Å². The lowest BCUT2D eigenvalue weighted by Gasteiger charge is -2.26. The van der Waals surface area contributed by atoms with Gasteiger partial charge >= 0.3 is 0 Å². The van der Waals surface area contributed by atoms with Crippen LogP contribution in [0.2, 0.25) is 0 Å². The molecular formula is C17H18FN3S. The Kier molecular flexibility index (Phi) is 4.63. The van der Waals surface area contributed by atoms with Crippen molar-refractivity contribution < 1.29 is 4.39 Å². The minimum absolute atomic E-state index is 0.220. The molecule has 0 saturated heterocycles. The standard InChI is InChI=1S/C17H18FN3S/c18-15-5-3-13(4-6-15)11-20-17(22)21(16-7-8-16)12-14-2-1-9-19-10-14/h1-6,9-10,16H,7-8,11-12H2,(H,20,22). The summed E-state index contributed by atoms with van der Waals surface area (Å²) in [7, 11) is 0. The second-order valence-corrected chi connectivity index (χ2v) is 5.89. The summed E-state index contributed by atoms with van der Waals surface area (Å²) in [5, 5.41) is 4.02. The second kappa shape index (κ2) is 6.83. The fourth-order valence-electron chi connectivity index (χ4n) is 2.32. The van der Waals surface area contributed by atoms with Crippen molar-refractivity contribution in [2.75, 3.05) is 0 Å². The van der Waals surface area contributed by atoms with Crippen molar-refractivity contribution in [1.82, 2.24) is 15.2 Å². The van der Waals surface area contributed by atoms with E-state index < -0.39 is 0 Å². The van der Waals surface area contributed by atoms with Crippen LogP contribution in [0.3, 0.4) is 0 Å². The summed E-state index contributed by atoms with van der Waals surface area (Å²) in [6.07, 6.45) is 6.01. The fourth-order valence-corrected chi connectivity index (χ4v) is 2.61. The third-order valence-corrected chi connectivity index (χ3v) is 4.06. The van der Waals surface area contributed by atoms with Crippen molar-refractivity contribution in [3.63, 3.8) is 0 Å². The van der Waals surface area contributed by atoms with Gasteiger partial charge in [-0.1, -0.05) is 18.2 Å². The smallest absolute Gasteiger partial charge is 0.169 e. The number of pyridine rings is 1. The Morgan fingerprint density at radius 2 is 2.00 bits per heavy atom. The van der Waals surface area contributed by atoms with Crippen molar-refractivity contribution in [2.45, 2.75) is 32.0 Å². The molecule has 2 aromatic rings. The summed E-state index contributed by atoms with van der Waals surface area (Å²) in [6, 6.07) is 11.0. The number of aromatic nitrogens is 1. The normalized spacial score (nSPS) is 13.7. The van der Waals surface area contributed by atoms with Gasteiger partial charge < -0.3 is 10.2 Å². The quantitative estimate of drug-likeness (QED) is 0.857. The number of thiocarbonyl (C=S) groups is 1. The zero-order valence-corrected chi connectivity index (χ0v) is 13.0. The van der Waals surface area contributed by atoms with E-state index in [2.05, 4.69) is 21.3 Å². The Morgan fingerprint density at radius 1 is 1.23 bits per heavy atom. The molecule has 1 aromatic heterocycles. The van der Waals surface area contributed by atoms with Gasteiger partial charge in [-0.15, -0.1) is 0 Å². The Bertz CT molecular complexity index is 626. The Hall–Kier alpha value is -2.01. The van der Waals surface area contributed by atoms with E-state index in [1.165, 1.54) is 25.0 Å². The minimum atomic E-state index is -0.220. The van der Waals surface area contributed by atoms with Crippen LogP contribution in [-0.4, -0.2) is 21.0 Å². The van der Waals surface area contributed by atoms with Gasteiger partial charge in [-0.05, 0) is 54.4 Å². The summed E-state index contributed by atoms with van der Waals surface area (Å²) in [5.74, 6) is -0.220. The van der Waals surface area contributed by atoms with Gasteiger partial charge in [0.15, 0.2) is 5.11 Å². The Morgan fingerprint density at radius 3 is 2.64 bits per heavy atom. The first-order valence-electron chi connectivity index (χ1n) is 7.40. The molecule has 1 aliphatic rings. The molecule has 0 atom stereocenters. The molecule has 1 N–H and O–H groups in total. The molecule has 1 saturated carbocycles. The van der Waals surface area contributed by atoms with Gasteiger partial charge in [0.25, 0.3) is 0 Å². The molecule has 3 rings (SSSR count). The number of nitrogens with zero attached hydrogens (tertiary/aromatic N) is 2. The maximum absolute atomic E-state index is 12.9. The van der Waals surface area contributed by atoms with Crippen molar-refractivity contribution in [2.24, 2.45) is 0 Å². The first-order valence-corrected chi connectivity index (χ1v) is 7.81. The van der Waals surface area contributed by atoms with Crippen LogP contribution in [0.1, 0.15) is 24.0 Å². The molecule has 0 unspecified atom stereocenters. The van der Waals surface area contributed by atoms with Crippen LogP contribution in [0.15, 0.2) is 48.8 Å². The SMILES string of the molecule is Fc1ccc(CNC(=S)N(Cc2cccnc2)C2CC2)cc1. The maximum atomic E-state index is 12.9. The van der Waals surface area contributed by atoms with E-state index in [-0.39, 0.29) is 5.82 Å². The Labute approximate surface area is 135 Å². The molecule has 3 nitrogen and oxygen atoms in total. The summed E-state index contributed by atoms with van der Waals surface area (Å²) in [5.41, 5.74) is 2.17. The number of hydrogen-bond acceptors (Lipinski definition) is 2. The van der Waals surface area contributed by atoms with Crippen molar-refractivity contribution in [3.05, 3.63) is 65.7 Å². The minimum Gasteiger partial charge on any atom is -0.358 e. The summed E-state index contributed by atoms with van der Waals surface area (Å²) >= 11 is 5.54. The van der Waals surface area contributed by atoms with Crippen LogP contribution in [0.4, 0.5) is 4.39 Å². The molecule has 0 bridgehead atoms. The van der Waals surface area contributed by atoms with Gasteiger partial charge in [-0.3, -0.25) is 4.98 Å². The number of nitrogens with one attached hydrogen (secondary N) is 1. The molecule has 1 heterocycles. The second-order valence-electron chi connectivity index (χ2n) is 5.51. The highest BCUT2D eigenvalue weighted by Crippen LogP contribution is 2.28. The maximum Gasteiger partial charge on any atom is 0.169 e. The van der Waals surface area contributed by atoms with Crippen molar-refractivity contribution >= 4 is 17.3 Å². The Balaban J connectivity index is 1.59. The van der Waals surface area contributed by atoms with Crippen LogP contribution in [0, 0.1) is 5.82 Å². The lowest BCUT2D eigenvalue weighted by atomic mass is 10.2. The molecule has 0 radical (unpaired) electrons. The number of benzene rings is 1. The predicted molar refractivity (Wildman–Crippen MR) is 88.6 cm³/mol. The molecule has 1 aliphatic carbocycles. The van der Waals surface area contributed by atoms with Crippen LogP contribution in [-0.2, 0) is 13.1 Å². The highest BCUT2D eigenvalue weighted by molar-refractivity contribution is 7.80. The van der Waals surface area contributed by atoms with Gasteiger partial charge in [0.05, 0.1) is 0 Å². The average molecular weight is 315 g/mol. The molecule has 1 aromatic carbocycles. The van der Waals surface area contributed by atoms with Gasteiger partial charge in [0.2, 0.25) is 0 Å². The summed E-state index contributed by atoms with van der Waals surface area (Å²) < 4.78 is 12.9. The van der Waals surface area contributed by atoms with Crippen molar-refractivity contribution in [3.8, 4) is 0 Å². The van der Waals surface area contributed by atoms with Crippen LogP contribution in [0.25, 0.3) is 0 Å². The van der Waals surface area contributed by atoms with E-state index in [0.717, 1.165) is 22.8 Å². The lowest BCUT2D eigenvalue weighted by Crippen LogP contribution is -2.40. The van der Waals surface area contributed by atoms with Gasteiger partial charge in [0.1, 0.15) is 5.82 Å². The number of rotatable bonds is 5. The number of hydrogen-bond donors (Lipinski definition) is 1. The third-order valence-electron chi connectivity index (χ3n) is 3.68. The first kappa shape index (κ1) is 14.9. The van der Waals surface area contributed by atoms with Gasteiger partial charge in [-0.2, -0.15) is 0 Å². The van der Waals surface area contributed by atoms with Gasteiger partial charge in [-0.25, -0.2) is 4.39 Å². The topological polar surface area (TPSA) is 28.2 Å². The van der Waals surface area contributed by atoms with E-state index in [9.17, 15) is 4.39 Å². The molecule has 114 valence electrons. The predicted octanol–water partition coefficient (Wildman–Crippen LogP) is 3.26. The van der Waals surface area contributed by atoms with Crippen LogP contribution < -0.4 is 5.32 Å². The molecule has 0 spiro atoms. The molecule has 0 amide bonds. The summed E-state index contributed by atoms with van der Waals surface area (Å²) in [4.78, 5) is 6.37. The molecule has 5 heteroatoms. The highest BCUT2D eigenvalue weighted by Gasteiger charge is 2.30.